The van der Waals surface area contributed by atoms with Crippen molar-refractivity contribution in [3.63, 3.8) is 0 Å². The summed E-state index contributed by atoms with van der Waals surface area (Å²) in [6, 6.07) is 12.1. The van der Waals surface area contributed by atoms with E-state index in [1.807, 2.05) is 42.2 Å². The molecule has 0 radical (unpaired) electrons. The molecule has 28 heavy (non-hydrogen) atoms. The highest BCUT2D eigenvalue weighted by Crippen LogP contribution is 2.48. The lowest BCUT2D eigenvalue weighted by molar-refractivity contribution is 0.255. The predicted molar refractivity (Wildman–Crippen MR) is 113 cm³/mol. The molecule has 1 aromatic carbocycles. The largest absolute Gasteiger partial charge is 0.369 e. The maximum Gasteiger partial charge on any atom is 0.160 e. The van der Waals surface area contributed by atoms with Crippen LogP contribution < -0.4 is 4.90 Å². The number of halogens is 1. The van der Waals surface area contributed by atoms with Crippen LogP contribution in [0.1, 0.15) is 49.5 Å². The molecule has 1 aromatic heterocycles. The second kappa shape index (κ2) is 7.39. The third-order valence-corrected chi connectivity index (χ3v) is 7.22. The Morgan fingerprint density at radius 3 is 2.75 bits per heavy atom. The molecule has 0 saturated carbocycles. The lowest BCUT2D eigenvalue weighted by Gasteiger charge is -2.32. The van der Waals surface area contributed by atoms with E-state index in [0.717, 1.165) is 60.2 Å². The summed E-state index contributed by atoms with van der Waals surface area (Å²) in [7, 11) is 0. The molecule has 2 fully saturated rings. The van der Waals surface area contributed by atoms with Gasteiger partial charge in [-0.05, 0) is 49.1 Å². The number of hydrogen-bond donors (Lipinski definition) is 0. The smallest absolute Gasteiger partial charge is 0.160 e. The molecular weight excluding hydrogens is 371 g/mol. The third kappa shape index (κ3) is 2.98. The van der Waals surface area contributed by atoms with Gasteiger partial charge in [-0.2, -0.15) is 0 Å². The van der Waals surface area contributed by atoms with Crippen LogP contribution >= 0.6 is 11.8 Å². The first-order valence-corrected chi connectivity index (χ1v) is 11.2. The van der Waals surface area contributed by atoms with E-state index in [-0.39, 0.29) is 17.9 Å². The summed E-state index contributed by atoms with van der Waals surface area (Å²) >= 11 is 1.82. The van der Waals surface area contributed by atoms with Gasteiger partial charge in [0.05, 0.1) is 17.4 Å². The van der Waals surface area contributed by atoms with Crippen LogP contribution in [0.5, 0.6) is 0 Å². The van der Waals surface area contributed by atoms with Gasteiger partial charge in [0.15, 0.2) is 5.17 Å². The van der Waals surface area contributed by atoms with E-state index in [0.29, 0.717) is 6.04 Å². The van der Waals surface area contributed by atoms with Crippen molar-refractivity contribution in [1.29, 1.82) is 0 Å². The summed E-state index contributed by atoms with van der Waals surface area (Å²) in [4.78, 5) is 14.2. The molecule has 0 spiro atoms. The number of amidine groups is 1. The van der Waals surface area contributed by atoms with Gasteiger partial charge < -0.3 is 9.80 Å². The highest BCUT2D eigenvalue weighted by Gasteiger charge is 2.45. The lowest BCUT2D eigenvalue weighted by atomic mass is 9.95. The molecule has 3 unspecified atom stereocenters. The van der Waals surface area contributed by atoms with Gasteiger partial charge in [0.1, 0.15) is 11.9 Å². The zero-order valence-corrected chi connectivity index (χ0v) is 16.9. The SMILES string of the molecule is CCC1CSC2=NC(c3ccccn3)C(c3ccc(N4CCCC4)c(F)c3)N21. The first-order valence-electron chi connectivity index (χ1n) is 10.2. The Bertz CT molecular complexity index is 881. The van der Waals surface area contributed by atoms with E-state index in [1.165, 1.54) is 0 Å². The average Bonchev–Trinajstić information content (AvgIpc) is 3.45. The summed E-state index contributed by atoms with van der Waals surface area (Å²) in [6.45, 7) is 4.12. The minimum Gasteiger partial charge on any atom is -0.369 e. The van der Waals surface area contributed by atoms with Gasteiger partial charge in [0.25, 0.3) is 0 Å². The van der Waals surface area contributed by atoms with Crippen LogP contribution in [0.15, 0.2) is 47.6 Å². The molecule has 146 valence electrons. The molecule has 0 N–H and O–H groups in total. The quantitative estimate of drug-likeness (QED) is 0.743. The van der Waals surface area contributed by atoms with Crippen molar-refractivity contribution in [3.8, 4) is 0 Å². The van der Waals surface area contributed by atoms with Gasteiger partial charge in [0, 0.05) is 31.1 Å². The van der Waals surface area contributed by atoms with E-state index >= 15 is 4.39 Å². The minimum absolute atomic E-state index is 0.00646. The highest BCUT2D eigenvalue weighted by molar-refractivity contribution is 8.14. The van der Waals surface area contributed by atoms with Crippen molar-refractivity contribution >= 4 is 22.6 Å². The van der Waals surface area contributed by atoms with Crippen LogP contribution in [0.4, 0.5) is 10.1 Å². The molecule has 2 aromatic rings. The van der Waals surface area contributed by atoms with Crippen LogP contribution in [-0.4, -0.2) is 39.9 Å². The maximum atomic E-state index is 15.1. The minimum atomic E-state index is -0.118. The Morgan fingerprint density at radius 1 is 1.18 bits per heavy atom. The second-order valence-corrected chi connectivity index (χ2v) is 8.73. The normalized spacial score (nSPS) is 26.6. The number of aliphatic imine (C=N–C) groups is 1. The number of nitrogens with zero attached hydrogens (tertiary/aromatic N) is 4. The topological polar surface area (TPSA) is 31.7 Å². The third-order valence-electron chi connectivity index (χ3n) is 6.09. The number of thioether (sulfide) groups is 1. The molecule has 6 heteroatoms. The van der Waals surface area contributed by atoms with E-state index in [9.17, 15) is 0 Å². The summed E-state index contributed by atoms with van der Waals surface area (Å²) < 4.78 is 15.1. The lowest BCUT2D eigenvalue weighted by Crippen LogP contribution is -2.35. The van der Waals surface area contributed by atoms with Gasteiger partial charge in [0.2, 0.25) is 0 Å². The fourth-order valence-corrected chi connectivity index (χ4v) is 5.97. The van der Waals surface area contributed by atoms with Crippen LogP contribution in [0, 0.1) is 5.82 Å². The van der Waals surface area contributed by atoms with Crippen molar-refractivity contribution in [1.82, 2.24) is 9.88 Å². The molecule has 0 amide bonds. The molecule has 3 aliphatic heterocycles. The Labute approximate surface area is 169 Å². The van der Waals surface area contributed by atoms with Gasteiger partial charge in [-0.1, -0.05) is 30.8 Å². The van der Waals surface area contributed by atoms with Gasteiger partial charge in [-0.3, -0.25) is 9.98 Å². The number of aromatic nitrogens is 1. The van der Waals surface area contributed by atoms with Crippen molar-refractivity contribution in [3.05, 3.63) is 59.7 Å². The Morgan fingerprint density at radius 2 is 2.04 bits per heavy atom. The van der Waals surface area contributed by atoms with Crippen molar-refractivity contribution in [2.75, 3.05) is 23.7 Å². The molecule has 4 nitrogen and oxygen atoms in total. The Balaban J connectivity index is 1.54. The second-order valence-electron chi connectivity index (χ2n) is 7.74. The van der Waals surface area contributed by atoms with Gasteiger partial charge in [-0.25, -0.2) is 4.39 Å². The monoisotopic (exact) mass is 396 g/mol. The first-order chi connectivity index (χ1) is 13.8. The summed E-state index contributed by atoms with van der Waals surface area (Å²) in [5, 5.41) is 1.08. The van der Waals surface area contributed by atoms with Crippen LogP contribution in [0.25, 0.3) is 0 Å². The first kappa shape index (κ1) is 18.0. The van der Waals surface area contributed by atoms with Crippen molar-refractivity contribution < 1.29 is 4.39 Å². The summed E-state index contributed by atoms with van der Waals surface area (Å²) in [5.74, 6) is 0.933. The number of pyridine rings is 1. The van der Waals surface area contributed by atoms with Gasteiger partial charge in [-0.15, -0.1) is 0 Å². The predicted octanol–water partition coefficient (Wildman–Crippen LogP) is 4.80. The summed E-state index contributed by atoms with van der Waals surface area (Å²) in [6.07, 6.45) is 5.17. The molecule has 3 atom stereocenters. The van der Waals surface area contributed by atoms with Crippen LogP contribution in [0.3, 0.4) is 0 Å². The zero-order valence-electron chi connectivity index (χ0n) is 16.1. The van der Waals surface area contributed by atoms with Crippen LogP contribution in [0.2, 0.25) is 0 Å². The molecule has 0 bridgehead atoms. The van der Waals surface area contributed by atoms with Gasteiger partial charge >= 0.3 is 0 Å². The fraction of sp³-hybridized carbons (Fsp3) is 0.455. The molecular formula is C22H25FN4S. The van der Waals surface area contributed by atoms with E-state index < -0.39 is 0 Å². The van der Waals surface area contributed by atoms with Crippen LogP contribution in [-0.2, 0) is 0 Å². The zero-order chi connectivity index (χ0) is 19.1. The molecule has 0 aliphatic carbocycles. The average molecular weight is 397 g/mol. The number of benzene rings is 1. The van der Waals surface area contributed by atoms with E-state index in [2.05, 4.69) is 27.8 Å². The highest BCUT2D eigenvalue weighted by atomic mass is 32.2. The Hall–Kier alpha value is -2.08. The Kier molecular flexibility index (Phi) is 4.75. The number of hydrogen-bond acceptors (Lipinski definition) is 5. The molecule has 5 rings (SSSR count). The van der Waals surface area contributed by atoms with E-state index in [4.69, 9.17) is 4.99 Å². The number of rotatable bonds is 4. The number of fused-ring (bicyclic) bond motifs is 1. The van der Waals surface area contributed by atoms with Crippen molar-refractivity contribution in [2.24, 2.45) is 4.99 Å². The number of anilines is 1. The summed E-state index contributed by atoms with van der Waals surface area (Å²) in [5.41, 5.74) is 2.68. The van der Waals surface area contributed by atoms with E-state index in [1.54, 1.807) is 6.07 Å². The molecule has 4 heterocycles. The standard InChI is InChI=1S/C22H25FN4S/c1-2-16-14-28-22-25-20(18-7-3-4-10-24-18)21(27(16)22)15-8-9-19(17(23)13-15)26-11-5-6-12-26/h3-4,7-10,13,16,20-21H,2,5-6,11-12,14H2,1H3. The fourth-order valence-electron chi connectivity index (χ4n) is 4.63. The maximum absolute atomic E-state index is 15.1. The molecule has 3 aliphatic rings. The van der Waals surface area contributed by atoms with Crippen molar-refractivity contribution in [2.45, 2.75) is 44.3 Å². The molecule has 2 saturated heterocycles.